The fourth-order valence-electron chi connectivity index (χ4n) is 1.66. The number of aliphatic carboxylic acids is 1. The maximum Gasteiger partial charge on any atom is 0.326 e. The van der Waals surface area contributed by atoms with Crippen LogP contribution in [-0.4, -0.2) is 56.9 Å². The van der Waals surface area contributed by atoms with Crippen molar-refractivity contribution >= 4 is 11.9 Å². The summed E-state index contributed by atoms with van der Waals surface area (Å²) in [6.07, 6.45) is -1.72. The van der Waals surface area contributed by atoms with E-state index < -0.39 is 30.1 Å². The van der Waals surface area contributed by atoms with Gasteiger partial charge < -0.3 is 20.2 Å². The Bertz CT molecular complexity index is 265. The van der Waals surface area contributed by atoms with E-state index in [1.54, 1.807) is 0 Å². The largest absolute Gasteiger partial charge is 0.480 e. The molecule has 0 spiro atoms. The molecule has 1 rings (SSSR count). The van der Waals surface area contributed by atoms with Gasteiger partial charge in [-0.1, -0.05) is 0 Å². The van der Waals surface area contributed by atoms with Crippen molar-refractivity contribution in [2.45, 2.75) is 38.0 Å². The van der Waals surface area contributed by atoms with Crippen LogP contribution in [0.3, 0.4) is 0 Å². The molecule has 0 radical (unpaired) electrons. The number of carboxylic acid groups (broad SMARTS) is 1. The second-order valence-electron chi connectivity index (χ2n) is 3.71. The summed E-state index contributed by atoms with van der Waals surface area (Å²) in [6, 6.07) is -0.870. The van der Waals surface area contributed by atoms with Crippen LogP contribution in [0.4, 0.5) is 0 Å². The summed E-state index contributed by atoms with van der Waals surface area (Å²) in [6.45, 7) is 1.61. The molecular weight excluding hydrogens is 202 g/mol. The summed E-state index contributed by atoms with van der Waals surface area (Å²) in [4.78, 5) is 23.4. The van der Waals surface area contributed by atoms with Gasteiger partial charge in [0.2, 0.25) is 0 Å². The lowest BCUT2D eigenvalue weighted by Gasteiger charge is -2.25. The van der Waals surface area contributed by atoms with Crippen LogP contribution in [0.25, 0.3) is 0 Å². The summed E-state index contributed by atoms with van der Waals surface area (Å²) in [5.74, 6) is -1.78. The standard InChI is InChI=1S/C9H15NO5/c1-5(11)7(12)8(13)10-4-2-3-6(10)9(14)15/h5-7,11-12H,2-4H2,1H3,(H,14,15)/t5-,6-,7-/m1/s1. The Balaban J connectivity index is 2.70. The van der Waals surface area contributed by atoms with Crippen LogP contribution in [0.1, 0.15) is 19.8 Å². The third kappa shape index (κ3) is 2.45. The topological polar surface area (TPSA) is 98.1 Å². The fourth-order valence-corrected chi connectivity index (χ4v) is 1.66. The molecule has 1 aliphatic heterocycles. The van der Waals surface area contributed by atoms with E-state index in [9.17, 15) is 14.7 Å². The zero-order valence-electron chi connectivity index (χ0n) is 8.46. The van der Waals surface area contributed by atoms with Crippen LogP contribution < -0.4 is 0 Å². The molecule has 3 atom stereocenters. The van der Waals surface area contributed by atoms with Crippen molar-refractivity contribution < 1.29 is 24.9 Å². The Kier molecular flexibility index (Phi) is 3.65. The average molecular weight is 217 g/mol. The number of rotatable bonds is 3. The molecule has 3 N–H and O–H groups in total. The number of carbonyl (C=O) groups is 2. The van der Waals surface area contributed by atoms with Crippen molar-refractivity contribution in [3.63, 3.8) is 0 Å². The Hall–Kier alpha value is -1.14. The molecule has 0 aromatic heterocycles. The first kappa shape index (κ1) is 11.9. The normalized spacial score (nSPS) is 25.0. The van der Waals surface area contributed by atoms with E-state index in [4.69, 9.17) is 10.2 Å². The van der Waals surface area contributed by atoms with E-state index >= 15 is 0 Å². The van der Waals surface area contributed by atoms with Gasteiger partial charge in [-0.3, -0.25) is 4.79 Å². The molecule has 1 heterocycles. The van der Waals surface area contributed by atoms with E-state index in [1.807, 2.05) is 0 Å². The van der Waals surface area contributed by atoms with Gasteiger partial charge in [0, 0.05) is 6.54 Å². The second kappa shape index (κ2) is 4.59. The number of carboxylic acids is 1. The van der Waals surface area contributed by atoms with Crippen LogP contribution >= 0.6 is 0 Å². The van der Waals surface area contributed by atoms with E-state index in [1.165, 1.54) is 6.92 Å². The summed E-state index contributed by atoms with van der Waals surface area (Å²) in [7, 11) is 0. The number of hydrogen-bond donors (Lipinski definition) is 3. The highest BCUT2D eigenvalue weighted by molar-refractivity contribution is 5.87. The lowest BCUT2D eigenvalue weighted by molar-refractivity contribution is -0.155. The van der Waals surface area contributed by atoms with Gasteiger partial charge in [0.25, 0.3) is 5.91 Å². The Morgan fingerprint density at radius 2 is 2.00 bits per heavy atom. The Morgan fingerprint density at radius 3 is 2.47 bits per heavy atom. The molecular formula is C9H15NO5. The van der Waals surface area contributed by atoms with Crippen molar-refractivity contribution in [1.29, 1.82) is 0 Å². The lowest BCUT2D eigenvalue weighted by atomic mass is 10.1. The summed E-state index contributed by atoms with van der Waals surface area (Å²) in [5, 5.41) is 27.2. The van der Waals surface area contributed by atoms with Crippen LogP contribution in [0.5, 0.6) is 0 Å². The Labute approximate surface area is 87.1 Å². The van der Waals surface area contributed by atoms with E-state index in [-0.39, 0.29) is 0 Å². The van der Waals surface area contributed by atoms with E-state index in [0.29, 0.717) is 19.4 Å². The molecule has 86 valence electrons. The van der Waals surface area contributed by atoms with Crippen molar-refractivity contribution in [1.82, 2.24) is 4.90 Å². The predicted molar refractivity (Wildman–Crippen MR) is 50.1 cm³/mol. The predicted octanol–water partition coefficient (Wildman–Crippen LogP) is -1.20. The van der Waals surface area contributed by atoms with Crippen molar-refractivity contribution in [2.75, 3.05) is 6.54 Å². The molecule has 1 aliphatic rings. The molecule has 1 saturated heterocycles. The van der Waals surface area contributed by atoms with Gasteiger partial charge >= 0.3 is 5.97 Å². The van der Waals surface area contributed by atoms with Crippen molar-refractivity contribution in [2.24, 2.45) is 0 Å². The monoisotopic (exact) mass is 217 g/mol. The maximum absolute atomic E-state index is 11.6. The highest BCUT2D eigenvalue weighted by atomic mass is 16.4. The SMILES string of the molecule is C[C@@H](O)[C@@H](O)C(=O)N1CCC[C@@H]1C(=O)O. The molecule has 1 fully saturated rings. The average Bonchev–Trinajstić information content (AvgIpc) is 2.63. The number of aliphatic hydroxyl groups excluding tert-OH is 2. The summed E-state index contributed by atoms with van der Waals surface area (Å²) in [5.41, 5.74) is 0. The molecule has 0 bridgehead atoms. The minimum atomic E-state index is -1.54. The number of aliphatic hydroxyl groups is 2. The minimum Gasteiger partial charge on any atom is -0.480 e. The zero-order valence-corrected chi connectivity index (χ0v) is 8.46. The number of carbonyl (C=O) groups excluding carboxylic acids is 1. The Morgan fingerprint density at radius 1 is 1.40 bits per heavy atom. The van der Waals surface area contributed by atoms with E-state index in [0.717, 1.165) is 4.90 Å². The van der Waals surface area contributed by atoms with E-state index in [2.05, 4.69) is 0 Å². The first-order valence-electron chi connectivity index (χ1n) is 4.84. The summed E-state index contributed by atoms with van der Waals surface area (Å²) >= 11 is 0. The maximum atomic E-state index is 11.6. The number of likely N-dealkylation sites (tertiary alicyclic amines) is 1. The molecule has 1 amide bonds. The quantitative estimate of drug-likeness (QED) is 0.552. The molecule has 0 saturated carbocycles. The van der Waals surface area contributed by atoms with Gasteiger partial charge in [-0.2, -0.15) is 0 Å². The van der Waals surface area contributed by atoms with Gasteiger partial charge in [-0.25, -0.2) is 4.79 Å². The first-order chi connectivity index (χ1) is 6.95. The second-order valence-corrected chi connectivity index (χ2v) is 3.71. The third-order valence-corrected chi connectivity index (χ3v) is 2.53. The molecule has 0 aliphatic carbocycles. The zero-order chi connectivity index (χ0) is 11.6. The number of amides is 1. The molecule has 15 heavy (non-hydrogen) atoms. The van der Waals surface area contributed by atoms with Gasteiger partial charge in [0.1, 0.15) is 6.04 Å². The number of hydrogen-bond acceptors (Lipinski definition) is 4. The molecule has 6 heteroatoms. The minimum absolute atomic E-state index is 0.319. The summed E-state index contributed by atoms with van der Waals surface area (Å²) < 4.78 is 0. The smallest absolute Gasteiger partial charge is 0.326 e. The van der Waals surface area contributed by atoms with Gasteiger partial charge in [-0.05, 0) is 19.8 Å². The third-order valence-electron chi connectivity index (χ3n) is 2.53. The van der Waals surface area contributed by atoms with Crippen LogP contribution in [0.2, 0.25) is 0 Å². The van der Waals surface area contributed by atoms with Crippen LogP contribution in [-0.2, 0) is 9.59 Å². The molecule has 6 nitrogen and oxygen atoms in total. The van der Waals surface area contributed by atoms with Gasteiger partial charge in [-0.15, -0.1) is 0 Å². The molecule has 0 unspecified atom stereocenters. The van der Waals surface area contributed by atoms with Crippen LogP contribution in [0.15, 0.2) is 0 Å². The van der Waals surface area contributed by atoms with Crippen molar-refractivity contribution in [3.05, 3.63) is 0 Å². The van der Waals surface area contributed by atoms with Crippen LogP contribution in [0, 0.1) is 0 Å². The molecule has 0 aromatic carbocycles. The number of nitrogens with zero attached hydrogens (tertiary/aromatic N) is 1. The molecule has 0 aromatic rings. The highest BCUT2D eigenvalue weighted by Crippen LogP contribution is 2.19. The lowest BCUT2D eigenvalue weighted by Crippen LogP contribution is -2.48. The van der Waals surface area contributed by atoms with Gasteiger partial charge in [0.05, 0.1) is 6.10 Å². The highest BCUT2D eigenvalue weighted by Gasteiger charge is 2.37. The fraction of sp³-hybridized carbons (Fsp3) is 0.778. The first-order valence-corrected chi connectivity index (χ1v) is 4.84. The van der Waals surface area contributed by atoms with Crippen molar-refractivity contribution in [3.8, 4) is 0 Å². The van der Waals surface area contributed by atoms with Gasteiger partial charge in [0.15, 0.2) is 6.10 Å².